The van der Waals surface area contributed by atoms with Crippen LogP contribution in [0, 0.1) is 0 Å². The summed E-state index contributed by atoms with van der Waals surface area (Å²) >= 11 is 0. The lowest BCUT2D eigenvalue weighted by atomic mass is 10.1. The number of nitrogens with zero attached hydrogens (tertiary/aromatic N) is 9. The molecule has 21 heteroatoms. The van der Waals surface area contributed by atoms with Crippen LogP contribution in [0.3, 0.4) is 0 Å². The van der Waals surface area contributed by atoms with Gasteiger partial charge in [0.2, 0.25) is 0 Å². The smallest absolute Gasteiger partial charge is 0.324 e. The monoisotopic (exact) mass is 959 g/mol. The number of rotatable bonds is 11. The second kappa shape index (κ2) is 19.1. The number of nitrogens with one attached hydrogen (secondary N) is 8. The Kier molecular flexibility index (Phi) is 11.6. The molecule has 0 radical (unpaired) electrons. The van der Waals surface area contributed by atoms with Crippen molar-refractivity contribution in [1.29, 1.82) is 0 Å². The molecule has 10 aromatic rings. The molecule has 1 atom stereocenters. The quantitative estimate of drug-likeness (QED) is 0.0606. The van der Waals surface area contributed by atoms with Crippen LogP contribution in [0.1, 0.15) is 11.8 Å². The molecule has 2 saturated heterocycles. The van der Waals surface area contributed by atoms with Gasteiger partial charge in [-0.3, -0.25) is 30.8 Å². The second-order valence-corrected chi connectivity index (χ2v) is 17.2. The number of carbonyl (C=O) groups excluding carboxylic acids is 2. The first-order chi connectivity index (χ1) is 35.4. The molecule has 2 aliphatic heterocycles. The maximum Gasteiger partial charge on any atom is 0.324 e. The van der Waals surface area contributed by atoms with Crippen LogP contribution in [-0.4, -0.2) is 113 Å². The first-order valence-corrected chi connectivity index (χ1v) is 23.3. The topological polar surface area (TPSA) is 261 Å². The van der Waals surface area contributed by atoms with Crippen LogP contribution in [0.25, 0.3) is 67.1 Å². The molecule has 0 aliphatic carbocycles. The average Bonchev–Trinajstić information content (AvgIpc) is 4.27. The highest BCUT2D eigenvalue weighted by Crippen LogP contribution is 2.34. The molecule has 358 valence electrons. The van der Waals surface area contributed by atoms with Gasteiger partial charge in [0, 0.05) is 102 Å². The van der Waals surface area contributed by atoms with Gasteiger partial charge in [-0.2, -0.15) is 10.2 Å². The Balaban J connectivity index is 0.647. The maximum absolute atomic E-state index is 13.0. The fraction of sp³-hybridized carbons (Fsp3) is 0.157. The van der Waals surface area contributed by atoms with E-state index in [1.807, 2.05) is 84.9 Å². The predicted molar refractivity (Wildman–Crippen MR) is 274 cm³/mol. The Morgan fingerprint density at radius 1 is 0.583 bits per heavy atom. The van der Waals surface area contributed by atoms with Crippen molar-refractivity contribution in [3.63, 3.8) is 0 Å². The van der Waals surface area contributed by atoms with Gasteiger partial charge in [-0.25, -0.2) is 24.5 Å². The van der Waals surface area contributed by atoms with E-state index in [1.165, 1.54) is 0 Å². The number of amides is 4. The van der Waals surface area contributed by atoms with Gasteiger partial charge in [0.15, 0.2) is 17.5 Å². The number of hydrogen-bond acceptors (Lipinski definition) is 13. The molecule has 4 amide bonds. The number of anilines is 6. The van der Waals surface area contributed by atoms with E-state index in [2.05, 4.69) is 77.5 Å². The summed E-state index contributed by atoms with van der Waals surface area (Å²) in [5.41, 5.74) is 10.5. The van der Waals surface area contributed by atoms with Gasteiger partial charge < -0.3 is 39.9 Å². The molecule has 1 unspecified atom stereocenters. The van der Waals surface area contributed by atoms with Crippen molar-refractivity contribution in [2.75, 3.05) is 77.1 Å². The number of pyridine rings is 4. The number of hydrogen-bond donors (Lipinski definition) is 8. The second-order valence-electron chi connectivity index (χ2n) is 17.2. The minimum Gasteiger partial charge on any atom is -0.378 e. The summed E-state index contributed by atoms with van der Waals surface area (Å²) in [4.78, 5) is 60.4. The van der Waals surface area contributed by atoms with E-state index in [0.29, 0.717) is 67.4 Å². The fourth-order valence-electron chi connectivity index (χ4n) is 8.88. The van der Waals surface area contributed by atoms with Crippen molar-refractivity contribution in [3.05, 3.63) is 140 Å². The maximum atomic E-state index is 13.0. The van der Waals surface area contributed by atoms with Crippen molar-refractivity contribution in [1.82, 2.24) is 55.3 Å². The molecule has 21 nitrogen and oxygen atoms in total. The lowest BCUT2D eigenvalue weighted by Crippen LogP contribution is -2.39. The molecule has 8 aromatic heterocycles. The number of aromatic amines is 4. The molecule has 12 rings (SSSR count). The first-order valence-electron chi connectivity index (χ1n) is 23.3. The van der Waals surface area contributed by atoms with Crippen LogP contribution in [-0.2, 0) is 9.47 Å². The summed E-state index contributed by atoms with van der Waals surface area (Å²) in [5, 5.41) is 26.7. The van der Waals surface area contributed by atoms with E-state index in [4.69, 9.17) is 24.4 Å². The number of morpholine rings is 2. The number of aromatic nitrogens is 11. The van der Waals surface area contributed by atoms with E-state index in [9.17, 15) is 9.59 Å². The Morgan fingerprint density at radius 2 is 1.24 bits per heavy atom. The Bertz CT molecular complexity index is 3530. The summed E-state index contributed by atoms with van der Waals surface area (Å²) in [6, 6.07) is 31.3. The molecular formula is C51H45N17O4. The standard InChI is InChI=1S/C51H45N17O4/c69-50(60-44-25-41(63-65-44)32-2-1-15-52-27-32)56-34-8-3-30(4-9-34)40-24-36-37(58-40)13-16-53-48(36)68-20-23-72-43(29-68)38-12-7-33(28-55-38)42-26-45(66-64-42)61-51(70)57-35-10-5-31(6-11-35)47-59-39-14-17-54-49(46(39)62-47)67-18-21-71-22-19-67/h1-17,24-28,43,58H,18-23,29H2,(H,59,62)(H3,56,60,63,65,69)(H3,57,61,64,66,70). The Morgan fingerprint density at radius 3 is 1.92 bits per heavy atom. The highest BCUT2D eigenvalue weighted by Gasteiger charge is 2.26. The van der Waals surface area contributed by atoms with Crippen LogP contribution < -0.4 is 31.1 Å². The van der Waals surface area contributed by atoms with Gasteiger partial charge in [0.1, 0.15) is 23.3 Å². The summed E-state index contributed by atoms with van der Waals surface area (Å²) in [6.45, 7) is 4.56. The lowest BCUT2D eigenvalue weighted by molar-refractivity contribution is 0.0369. The highest BCUT2D eigenvalue weighted by molar-refractivity contribution is 6.01. The largest absolute Gasteiger partial charge is 0.378 e. The van der Waals surface area contributed by atoms with Gasteiger partial charge in [-0.15, -0.1) is 0 Å². The molecule has 2 fully saturated rings. The van der Waals surface area contributed by atoms with Crippen molar-refractivity contribution in [3.8, 4) is 45.2 Å². The number of benzene rings is 2. The summed E-state index contributed by atoms with van der Waals surface area (Å²) in [5.74, 6) is 3.14. The number of H-pyrrole nitrogens is 4. The normalized spacial score (nSPS) is 14.9. The van der Waals surface area contributed by atoms with Gasteiger partial charge in [-0.1, -0.05) is 12.1 Å². The van der Waals surface area contributed by atoms with Crippen molar-refractivity contribution < 1.29 is 19.1 Å². The molecule has 72 heavy (non-hydrogen) atoms. The molecule has 0 saturated carbocycles. The SMILES string of the molecule is O=C(Nc1ccc(-c2cc3c(N4CCOC(c5ccc(-c6cc(NC(=O)Nc7ccc(-c8nc9c(N%10CCOCC%10)nccc9[nH]8)cc7)n[nH]6)cn5)C4)nccc3[nH]2)cc1)Nc1cc(-c2cccnc2)[nH]n1. The molecule has 0 spiro atoms. The summed E-state index contributed by atoms with van der Waals surface area (Å²) in [6.07, 6.45) is 8.48. The van der Waals surface area contributed by atoms with Gasteiger partial charge in [0.05, 0.1) is 54.5 Å². The molecule has 8 N–H and O–H groups in total. The van der Waals surface area contributed by atoms with Crippen LogP contribution in [0.5, 0.6) is 0 Å². The molecule has 2 aromatic carbocycles. The third-order valence-corrected chi connectivity index (χ3v) is 12.5. The Hall–Kier alpha value is -9.47. The lowest BCUT2D eigenvalue weighted by Gasteiger charge is -2.33. The summed E-state index contributed by atoms with van der Waals surface area (Å²) < 4.78 is 11.7. The third kappa shape index (κ3) is 9.22. The Labute approximate surface area is 409 Å². The zero-order chi connectivity index (χ0) is 48.4. The van der Waals surface area contributed by atoms with Crippen LogP contribution in [0.15, 0.2) is 134 Å². The molecule has 2 aliphatic rings. The minimum absolute atomic E-state index is 0.294. The zero-order valence-corrected chi connectivity index (χ0v) is 38.4. The van der Waals surface area contributed by atoms with Crippen molar-refractivity contribution in [2.24, 2.45) is 0 Å². The van der Waals surface area contributed by atoms with E-state index < -0.39 is 12.1 Å². The average molecular weight is 960 g/mol. The molecule has 10 heterocycles. The van der Waals surface area contributed by atoms with E-state index in [-0.39, 0.29) is 6.10 Å². The first kappa shape index (κ1) is 43.8. The van der Waals surface area contributed by atoms with E-state index >= 15 is 0 Å². The zero-order valence-electron chi connectivity index (χ0n) is 38.4. The molecular weight excluding hydrogens is 915 g/mol. The van der Waals surface area contributed by atoms with E-state index in [1.54, 1.807) is 43.1 Å². The van der Waals surface area contributed by atoms with Crippen LogP contribution >= 0.6 is 0 Å². The predicted octanol–water partition coefficient (Wildman–Crippen LogP) is 8.44. The number of ether oxygens (including phenoxy) is 2. The van der Waals surface area contributed by atoms with Crippen LogP contribution in [0.4, 0.5) is 44.2 Å². The van der Waals surface area contributed by atoms with E-state index in [0.717, 1.165) is 86.0 Å². The van der Waals surface area contributed by atoms with Crippen molar-refractivity contribution >= 4 is 68.6 Å². The number of imidazole rings is 1. The number of urea groups is 2. The highest BCUT2D eigenvalue weighted by atomic mass is 16.5. The van der Waals surface area contributed by atoms with Gasteiger partial charge in [-0.05, 0) is 84.4 Å². The molecule has 0 bridgehead atoms. The fourth-order valence-corrected chi connectivity index (χ4v) is 8.88. The number of fused-ring (bicyclic) bond motifs is 2. The van der Waals surface area contributed by atoms with Gasteiger partial charge >= 0.3 is 12.1 Å². The third-order valence-electron chi connectivity index (χ3n) is 12.5. The van der Waals surface area contributed by atoms with Gasteiger partial charge in [0.25, 0.3) is 0 Å². The summed E-state index contributed by atoms with van der Waals surface area (Å²) in [7, 11) is 0. The van der Waals surface area contributed by atoms with Crippen LogP contribution in [0.2, 0.25) is 0 Å². The number of carbonyl (C=O) groups is 2. The minimum atomic E-state index is -0.437. The van der Waals surface area contributed by atoms with Crippen molar-refractivity contribution in [2.45, 2.75) is 6.10 Å².